The molecule has 2 aromatic heterocycles. The minimum absolute atomic E-state index is 0.373. The zero-order valence-electron chi connectivity index (χ0n) is 14.2. The summed E-state index contributed by atoms with van der Waals surface area (Å²) < 4.78 is 0. The number of piperidine rings is 1. The first-order valence-electron chi connectivity index (χ1n) is 8.69. The molecule has 3 aromatic rings. The average Bonchev–Trinajstić information content (AvgIpc) is 3.13. The number of carbonyl (C=O) groups excluding carboxylic acids is 1. The van der Waals surface area contributed by atoms with Gasteiger partial charge in [0.15, 0.2) is 0 Å². The van der Waals surface area contributed by atoms with Crippen molar-refractivity contribution in [1.82, 2.24) is 9.97 Å². The Hall–Kier alpha value is -3.31. The number of hydrogen-bond donors (Lipinski definition) is 1. The molecule has 3 heterocycles. The molecule has 0 bridgehead atoms. The lowest BCUT2D eigenvalue weighted by molar-refractivity contribution is 0.100. The van der Waals surface area contributed by atoms with Crippen LogP contribution in [0.15, 0.2) is 47.8 Å². The lowest BCUT2D eigenvalue weighted by Gasteiger charge is -2.29. The number of hydrogen-bond acceptors (Lipinski definition) is 3. The van der Waals surface area contributed by atoms with Gasteiger partial charge in [-0.15, -0.1) is 0 Å². The number of fused-ring (bicyclic) bond motifs is 1. The van der Waals surface area contributed by atoms with E-state index in [2.05, 4.69) is 31.0 Å². The highest BCUT2D eigenvalue weighted by molar-refractivity contribution is 6.04. The molecule has 1 N–H and O–H groups in total. The second-order valence-corrected chi connectivity index (χ2v) is 6.38. The molecule has 1 amide bonds. The minimum atomic E-state index is -0.580. The smallest absolute Gasteiger partial charge is 0.249 e. The summed E-state index contributed by atoms with van der Waals surface area (Å²) >= 11 is 0. The van der Waals surface area contributed by atoms with E-state index in [4.69, 9.17) is 5.53 Å². The Kier molecular flexibility index (Phi) is 4.29. The second kappa shape index (κ2) is 6.90. The highest BCUT2D eigenvalue weighted by Crippen LogP contribution is 2.36. The predicted molar refractivity (Wildman–Crippen MR) is 101 cm³/mol. The van der Waals surface area contributed by atoms with E-state index in [0.29, 0.717) is 5.56 Å². The van der Waals surface area contributed by atoms with Crippen molar-refractivity contribution in [1.29, 1.82) is 0 Å². The lowest BCUT2D eigenvalue weighted by Crippen LogP contribution is -2.29. The molecule has 7 nitrogen and oxygen atoms in total. The van der Waals surface area contributed by atoms with Gasteiger partial charge < -0.3 is 9.88 Å². The van der Waals surface area contributed by atoms with Crippen LogP contribution in [-0.2, 0) is 0 Å². The monoisotopic (exact) mass is 346 g/mol. The van der Waals surface area contributed by atoms with Crippen molar-refractivity contribution in [2.45, 2.75) is 19.3 Å². The molecule has 130 valence electrons. The summed E-state index contributed by atoms with van der Waals surface area (Å²) in [7, 11) is 0. The molecule has 7 heteroatoms. The van der Waals surface area contributed by atoms with Crippen LogP contribution in [-0.4, -0.2) is 29.0 Å². The number of nitrogens with one attached hydrogen (secondary N) is 1. The third-order valence-electron chi connectivity index (χ3n) is 4.80. The number of aromatic nitrogens is 2. The third kappa shape index (κ3) is 2.89. The fourth-order valence-electron chi connectivity index (χ4n) is 3.58. The fourth-order valence-corrected chi connectivity index (χ4v) is 3.58. The fraction of sp³-hybridized carbons (Fsp3) is 0.263. The largest absolute Gasteiger partial charge is 0.371 e. The molecule has 4 rings (SSSR count). The molecule has 0 atom stereocenters. The van der Waals surface area contributed by atoms with Crippen molar-refractivity contribution < 1.29 is 4.79 Å². The van der Waals surface area contributed by atoms with Crippen LogP contribution in [0.1, 0.15) is 29.6 Å². The number of aromatic amines is 1. The first-order chi connectivity index (χ1) is 12.8. The number of pyridine rings is 1. The van der Waals surface area contributed by atoms with Gasteiger partial charge in [-0.25, -0.2) is 4.98 Å². The van der Waals surface area contributed by atoms with Crippen molar-refractivity contribution in [3.05, 3.63) is 58.7 Å². The van der Waals surface area contributed by atoms with Crippen molar-refractivity contribution in [2.75, 3.05) is 18.0 Å². The summed E-state index contributed by atoms with van der Waals surface area (Å²) in [6.07, 6.45) is 7.41. The van der Waals surface area contributed by atoms with E-state index in [-0.39, 0.29) is 0 Å². The first-order valence-corrected chi connectivity index (χ1v) is 8.69. The van der Waals surface area contributed by atoms with E-state index in [1.807, 2.05) is 18.5 Å². The van der Waals surface area contributed by atoms with Crippen molar-refractivity contribution in [3.63, 3.8) is 0 Å². The number of anilines is 1. The molecule has 0 saturated carbocycles. The molecule has 1 fully saturated rings. The normalized spacial score (nSPS) is 14.2. The van der Waals surface area contributed by atoms with Crippen LogP contribution in [0.25, 0.3) is 32.6 Å². The zero-order valence-corrected chi connectivity index (χ0v) is 14.2. The van der Waals surface area contributed by atoms with Crippen molar-refractivity contribution >= 4 is 22.6 Å². The predicted octanol–water partition coefficient (Wildman–Crippen LogP) is 4.67. The van der Waals surface area contributed by atoms with E-state index in [1.54, 1.807) is 18.2 Å². The minimum Gasteiger partial charge on any atom is -0.371 e. The van der Waals surface area contributed by atoms with Gasteiger partial charge >= 0.3 is 0 Å². The second-order valence-electron chi connectivity index (χ2n) is 6.38. The summed E-state index contributed by atoms with van der Waals surface area (Å²) in [5.74, 6) is -0.580. The van der Waals surface area contributed by atoms with Crippen LogP contribution in [0.3, 0.4) is 0 Å². The molecule has 1 aromatic carbocycles. The maximum absolute atomic E-state index is 11.9. The van der Waals surface area contributed by atoms with E-state index in [1.165, 1.54) is 19.3 Å². The Labute approximate surface area is 150 Å². The van der Waals surface area contributed by atoms with Gasteiger partial charge in [-0.05, 0) is 47.6 Å². The quantitative estimate of drug-likeness (QED) is 0.424. The van der Waals surface area contributed by atoms with Crippen LogP contribution >= 0.6 is 0 Å². The molecule has 0 spiro atoms. The number of nitrogens with zero attached hydrogens (tertiary/aromatic N) is 5. The Morgan fingerprint density at radius 1 is 1.23 bits per heavy atom. The summed E-state index contributed by atoms with van der Waals surface area (Å²) in [5.41, 5.74) is 12.7. The molecule has 0 aliphatic carbocycles. The van der Waals surface area contributed by atoms with Gasteiger partial charge in [0.2, 0.25) is 5.91 Å². The van der Waals surface area contributed by atoms with E-state index >= 15 is 0 Å². The summed E-state index contributed by atoms with van der Waals surface area (Å²) in [4.78, 5) is 24.6. The first kappa shape index (κ1) is 16.2. The van der Waals surface area contributed by atoms with Gasteiger partial charge in [0.05, 0.1) is 0 Å². The standard InChI is InChI=1S/C19H18N6O/c20-24-23-19(26)14-6-4-5-13(11-14)15-12-22-18-17(15)16(7-8-21-18)25-9-2-1-3-10-25/h4-8,11-12H,1-3,9-10H2,(H,21,22). The van der Waals surface area contributed by atoms with E-state index in [0.717, 1.165) is 40.9 Å². The number of azide groups is 1. The topological polar surface area (TPSA) is 97.8 Å². The molecule has 26 heavy (non-hydrogen) atoms. The highest BCUT2D eigenvalue weighted by Gasteiger charge is 2.18. The van der Waals surface area contributed by atoms with Gasteiger partial charge in [-0.2, -0.15) is 0 Å². The lowest BCUT2D eigenvalue weighted by atomic mass is 10.0. The number of carbonyl (C=O) groups is 1. The summed E-state index contributed by atoms with van der Waals surface area (Å²) in [6, 6.07) is 9.21. The summed E-state index contributed by atoms with van der Waals surface area (Å²) in [5, 5.41) is 4.24. The van der Waals surface area contributed by atoms with Gasteiger partial charge in [0.25, 0.3) is 0 Å². The molecule has 1 aliphatic rings. The molecular weight excluding hydrogens is 328 g/mol. The van der Waals surface area contributed by atoms with Crippen molar-refractivity contribution in [3.8, 4) is 11.1 Å². The van der Waals surface area contributed by atoms with Crippen molar-refractivity contribution in [2.24, 2.45) is 5.11 Å². The van der Waals surface area contributed by atoms with Crippen LogP contribution in [0, 0.1) is 0 Å². The Balaban J connectivity index is 1.83. The molecule has 0 unspecified atom stereocenters. The maximum Gasteiger partial charge on any atom is 0.249 e. The number of amides is 1. The molecule has 1 saturated heterocycles. The SMILES string of the molecule is [N-]=[N+]=NC(=O)c1cccc(-c2c[nH]c3nccc(N4CCCCC4)c23)c1. The van der Waals surface area contributed by atoms with Gasteiger partial charge in [0, 0.05) is 52.6 Å². The Bertz CT molecular complexity index is 1010. The van der Waals surface area contributed by atoms with Gasteiger partial charge in [-0.1, -0.05) is 18.2 Å². The zero-order chi connectivity index (χ0) is 17.9. The Morgan fingerprint density at radius 2 is 2.08 bits per heavy atom. The number of H-pyrrole nitrogens is 1. The van der Waals surface area contributed by atoms with Crippen LogP contribution in [0.5, 0.6) is 0 Å². The maximum atomic E-state index is 11.9. The Morgan fingerprint density at radius 3 is 2.88 bits per heavy atom. The number of benzene rings is 1. The average molecular weight is 346 g/mol. The van der Waals surface area contributed by atoms with Crippen LogP contribution in [0.2, 0.25) is 0 Å². The van der Waals surface area contributed by atoms with E-state index < -0.39 is 5.91 Å². The molecule has 0 radical (unpaired) electrons. The highest BCUT2D eigenvalue weighted by atomic mass is 16.1. The van der Waals surface area contributed by atoms with Gasteiger partial charge in [-0.3, -0.25) is 4.79 Å². The van der Waals surface area contributed by atoms with Crippen LogP contribution < -0.4 is 4.90 Å². The number of rotatable bonds is 3. The van der Waals surface area contributed by atoms with Crippen LogP contribution in [0.4, 0.5) is 5.69 Å². The molecule has 1 aliphatic heterocycles. The summed E-state index contributed by atoms with van der Waals surface area (Å²) in [6.45, 7) is 2.08. The van der Waals surface area contributed by atoms with E-state index in [9.17, 15) is 4.79 Å². The molecular formula is C19H18N6O. The van der Waals surface area contributed by atoms with Gasteiger partial charge in [0.1, 0.15) is 5.65 Å². The third-order valence-corrected chi connectivity index (χ3v) is 4.80.